The Morgan fingerprint density at radius 2 is 2.12 bits per heavy atom. The molecule has 1 aromatic rings. The molecule has 4 rings (SSSR count). The third kappa shape index (κ3) is 1.90. The van der Waals surface area contributed by atoms with Crippen molar-refractivity contribution in [1.82, 2.24) is 9.80 Å². The zero-order valence-corrected chi connectivity index (χ0v) is 14.9. The molecule has 0 aliphatic carbocycles. The molecule has 24 heavy (non-hydrogen) atoms. The van der Waals surface area contributed by atoms with Gasteiger partial charge in [0.1, 0.15) is 12.1 Å². The van der Waals surface area contributed by atoms with Gasteiger partial charge in [-0.25, -0.2) is 9.69 Å². The van der Waals surface area contributed by atoms with Crippen LogP contribution < -0.4 is 4.90 Å². The first-order chi connectivity index (χ1) is 11.4. The Hall–Kier alpha value is -2.15. The molecule has 122 valence electrons. The monoisotopic (exact) mass is 436 g/mol. The normalized spacial score (nSPS) is 27.7. The van der Waals surface area contributed by atoms with Crippen molar-refractivity contribution in [2.24, 2.45) is 0 Å². The predicted octanol–water partition coefficient (Wildman–Crippen LogP) is 1.30. The molecule has 3 fully saturated rings. The first-order valence-electron chi connectivity index (χ1n) is 7.57. The molecule has 0 radical (unpaired) electrons. The van der Waals surface area contributed by atoms with Gasteiger partial charge in [0, 0.05) is 17.0 Å². The molecule has 7 nitrogen and oxygen atoms in total. The number of nitriles is 1. The highest BCUT2D eigenvalue weighted by Crippen LogP contribution is 2.42. The molecule has 2 bridgehead atoms. The van der Waals surface area contributed by atoms with Crippen LogP contribution in [-0.4, -0.2) is 52.3 Å². The van der Waals surface area contributed by atoms with Gasteiger partial charge in [-0.2, -0.15) is 5.26 Å². The van der Waals surface area contributed by atoms with Crippen molar-refractivity contribution >= 4 is 46.1 Å². The number of carbonyl (C=O) groups excluding carboxylic acids is 3. The van der Waals surface area contributed by atoms with Gasteiger partial charge in [-0.05, 0) is 47.2 Å². The third-order valence-corrected chi connectivity index (χ3v) is 5.89. The number of rotatable bonds is 1. The summed E-state index contributed by atoms with van der Waals surface area (Å²) in [5.74, 6) is -0.354. The lowest BCUT2D eigenvalue weighted by Crippen LogP contribution is -2.54. The van der Waals surface area contributed by atoms with Crippen LogP contribution in [0.5, 0.6) is 0 Å². The molecule has 1 aromatic carbocycles. The second kappa shape index (κ2) is 5.17. The van der Waals surface area contributed by atoms with E-state index in [4.69, 9.17) is 5.26 Å². The van der Waals surface area contributed by atoms with Crippen molar-refractivity contribution < 1.29 is 14.4 Å². The van der Waals surface area contributed by atoms with Crippen LogP contribution in [0, 0.1) is 14.9 Å². The van der Waals surface area contributed by atoms with Crippen LogP contribution in [0.3, 0.4) is 0 Å². The minimum Gasteiger partial charge on any atom is -0.335 e. The Balaban J connectivity index is 1.70. The van der Waals surface area contributed by atoms with Crippen molar-refractivity contribution in [2.75, 3.05) is 11.4 Å². The van der Waals surface area contributed by atoms with Gasteiger partial charge in [0.15, 0.2) is 0 Å². The van der Waals surface area contributed by atoms with Crippen LogP contribution in [0.15, 0.2) is 18.2 Å². The zero-order chi connectivity index (χ0) is 17.2. The first-order valence-corrected chi connectivity index (χ1v) is 8.65. The number of likely N-dealkylation sites (tertiary alicyclic amines) is 1. The summed E-state index contributed by atoms with van der Waals surface area (Å²) >= 11 is 2.01. The van der Waals surface area contributed by atoms with Crippen molar-refractivity contribution in [3.63, 3.8) is 0 Å². The molecule has 4 amide bonds. The number of urea groups is 1. The van der Waals surface area contributed by atoms with Crippen LogP contribution in [0.2, 0.25) is 0 Å². The van der Waals surface area contributed by atoms with Crippen LogP contribution >= 0.6 is 22.6 Å². The van der Waals surface area contributed by atoms with E-state index in [1.54, 1.807) is 28.0 Å². The highest BCUT2D eigenvalue weighted by molar-refractivity contribution is 14.1. The highest BCUT2D eigenvalue weighted by atomic mass is 127. The maximum atomic E-state index is 12.9. The van der Waals surface area contributed by atoms with Gasteiger partial charge in [0.05, 0.1) is 23.3 Å². The number of imide groups is 1. The predicted molar refractivity (Wildman–Crippen MR) is 92.0 cm³/mol. The topological polar surface area (TPSA) is 84.7 Å². The summed E-state index contributed by atoms with van der Waals surface area (Å²) in [6.07, 6.45) is 0.667. The average Bonchev–Trinajstić information content (AvgIpc) is 3.19. The molecule has 0 saturated carbocycles. The number of carbonyl (C=O) groups is 3. The minimum atomic E-state index is -0.589. The molecule has 0 aromatic heterocycles. The second-order valence-electron chi connectivity index (χ2n) is 6.21. The van der Waals surface area contributed by atoms with Gasteiger partial charge >= 0.3 is 6.03 Å². The standard InChI is InChI=1S/C16H13IN4O3/c1-8(22)19-7-11-5-13(19)14-15(23)21(16(24)20(11)14)10-3-2-9(6-18)12(17)4-10/h2-4,11,13-14H,5,7H2,1H3. The van der Waals surface area contributed by atoms with Crippen LogP contribution in [0.25, 0.3) is 0 Å². The first kappa shape index (κ1) is 15.4. The van der Waals surface area contributed by atoms with E-state index in [1.807, 2.05) is 22.6 Å². The smallest absolute Gasteiger partial charge is 0.332 e. The van der Waals surface area contributed by atoms with Crippen LogP contribution in [0.4, 0.5) is 10.5 Å². The quantitative estimate of drug-likeness (QED) is 0.491. The van der Waals surface area contributed by atoms with E-state index in [1.165, 1.54) is 11.8 Å². The highest BCUT2D eigenvalue weighted by Gasteiger charge is 2.62. The summed E-state index contributed by atoms with van der Waals surface area (Å²) in [4.78, 5) is 41.9. The molecular weight excluding hydrogens is 423 g/mol. The summed E-state index contributed by atoms with van der Waals surface area (Å²) in [5.41, 5.74) is 0.971. The molecule has 3 saturated heterocycles. The Labute approximate surface area is 151 Å². The van der Waals surface area contributed by atoms with Crippen molar-refractivity contribution in [2.45, 2.75) is 31.5 Å². The molecule has 3 aliphatic rings. The number of nitrogens with zero attached hydrogens (tertiary/aromatic N) is 4. The maximum absolute atomic E-state index is 12.9. The lowest BCUT2D eigenvalue weighted by molar-refractivity contribution is -0.133. The number of amides is 4. The fraction of sp³-hybridized carbons (Fsp3) is 0.375. The van der Waals surface area contributed by atoms with Gasteiger partial charge in [0.25, 0.3) is 5.91 Å². The van der Waals surface area contributed by atoms with Crippen molar-refractivity contribution in [3.05, 3.63) is 27.3 Å². The Morgan fingerprint density at radius 1 is 1.38 bits per heavy atom. The second-order valence-corrected chi connectivity index (χ2v) is 7.37. The molecular formula is C16H13IN4O3. The lowest BCUT2D eigenvalue weighted by Gasteiger charge is -2.34. The zero-order valence-electron chi connectivity index (χ0n) is 12.8. The number of piperazine rings is 1. The minimum absolute atomic E-state index is 0.0613. The van der Waals surface area contributed by atoms with Crippen LogP contribution in [0.1, 0.15) is 18.9 Å². The average molecular weight is 436 g/mol. The molecule has 0 spiro atoms. The van der Waals surface area contributed by atoms with Gasteiger partial charge < -0.3 is 9.80 Å². The van der Waals surface area contributed by atoms with Gasteiger partial charge in [-0.3, -0.25) is 9.59 Å². The number of fused-ring (bicyclic) bond motifs is 5. The van der Waals surface area contributed by atoms with Crippen LogP contribution in [-0.2, 0) is 9.59 Å². The molecule has 0 N–H and O–H groups in total. The SMILES string of the molecule is CC(=O)N1CC2CC1C1C(=O)N(c3ccc(C#N)c(I)c3)C(=O)N21. The molecule has 3 atom stereocenters. The Morgan fingerprint density at radius 3 is 2.75 bits per heavy atom. The summed E-state index contributed by atoms with van der Waals surface area (Å²) in [6.45, 7) is 1.99. The van der Waals surface area contributed by atoms with Crippen molar-refractivity contribution in [1.29, 1.82) is 5.26 Å². The Kier molecular flexibility index (Phi) is 3.32. The summed E-state index contributed by atoms with van der Waals surface area (Å²) < 4.78 is 0.689. The lowest BCUT2D eigenvalue weighted by atomic mass is 10.1. The fourth-order valence-corrected chi connectivity index (χ4v) is 4.61. The van der Waals surface area contributed by atoms with Gasteiger partial charge in [-0.15, -0.1) is 0 Å². The number of benzene rings is 1. The van der Waals surface area contributed by atoms with E-state index in [0.29, 0.717) is 27.8 Å². The van der Waals surface area contributed by atoms with E-state index in [-0.39, 0.29) is 29.9 Å². The third-order valence-electron chi connectivity index (χ3n) is 5.00. The Bertz CT molecular complexity index is 833. The van der Waals surface area contributed by atoms with Crippen molar-refractivity contribution in [3.8, 4) is 6.07 Å². The summed E-state index contributed by atoms with van der Waals surface area (Å²) in [7, 11) is 0. The summed E-state index contributed by atoms with van der Waals surface area (Å²) in [6, 6.07) is 5.71. The number of hydrogen-bond donors (Lipinski definition) is 0. The number of hydrogen-bond acceptors (Lipinski definition) is 4. The molecule has 3 heterocycles. The fourth-order valence-electron chi connectivity index (χ4n) is 3.99. The maximum Gasteiger partial charge on any atom is 0.332 e. The summed E-state index contributed by atoms with van der Waals surface area (Å²) in [5, 5.41) is 9.02. The van der Waals surface area contributed by atoms with Gasteiger partial charge in [-0.1, -0.05) is 0 Å². The number of halogens is 1. The van der Waals surface area contributed by atoms with E-state index >= 15 is 0 Å². The molecule has 3 aliphatic heterocycles. The largest absolute Gasteiger partial charge is 0.335 e. The van der Waals surface area contributed by atoms with E-state index in [0.717, 1.165) is 0 Å². The molecule has 3 unspecified atom stereocenters. The molecule has 8 heteroatoms. The van der Waals surface area contributed by atoms with E-state index in [9.17, 15) is 14.4 Å². The van der Waals surface area contributed by atoms with E-state index in [2.05, 4.69) is 6.07 Å². The van der Waals surface area contributed by atoms with Gasteiger partial charge in [0.2, 0.25) is 5.91 Å². The van der Waals surface area contributed by atoms with E-state index < -0.39 is 6.04 Å². The number of anilines is 1.